The molecule has 1 unspecified atom stereocenters. The second-order valence-corrected chi connectivity index (χ2v) is 10.8. The van der Waals surface area contributed by atoms with E-state index in [2.05, 4.69) is 62.4 Å². The molecule has 1 saturated carbocycles. The maximum absolute atomic E-state index is 13.4. The number of imidazole rings is 1. The van der Waals surface area contributed by atoms with Crippen LogP contribution in [0.3, 0.4) is 0 Å². The minimum atomic E-state index is -0.228. The number of anilines is 1. The van der Waals surface area contributed by atoms with Gasteiger partial charge in [-0.15, -0.1) is 0 Å². The van der Waals surface area contributed by atoms with Gasteiger partial charge in [-0.3, -0.25) is 9.69 Å². The Hall–Kier alpha value is -3.19. The Morgan fingerprint density at radius 3 is 2.44 bits per heavy atom. The van der Waals surface area contributed by atoms with Crippen LogP contribution < -0.4 is 4.90 Å². The zero-order chi connectivity index (χ0) is 25.4. The number of aromatic nitrogens is 2. The monoisotopic (exact) mass is 489 g/mol. The highest BCUT2D eigenvalue weighted by atomic mass is 19.1. The highest BCUT2D eigenvalue weighted by Crippen LogP contribution is 2.48. The molecular formula is C29H36FN5O. The highest BCUT2D eigenvalue weighted by Gasteiger charge is 2.49. The van der Waals surface area contributed by atoms with E-state index in [0.717, 1.165) is 56.0 Å². The van der Waals surface area contributed by atoms with Crippen LogP contribution in [0.15, 0.2) is 61.1 Å². The molecule has 2 atom stereocenters. The van der Waals surface area contributed by atoms with Gasteiger partial charge in [0, 0.05) is 57.6 Å². The van der Waals surface area contributed by atoms with Crippen molar-refractivity contribution in [2.24, 2.45) is 5.41 Å². The van der Waals surface area contributed by atoms with Crippen LogP contribution in [0.25, 0.3) is 0 Å². The predicted molar refractivity (Wildman–Crippen MR) is 140 cm³/mol. The summed E-state index contributed by atoms with van der Waals surface area (Å²) in [5.74, 6) is 0.0627. The van der Waals surface area contributed by atoms with Crippen LogP contribution in [0, 0.1) is 11.2 Å². The van der Waals surface area contributed by atoms with E-state index in [0.29, 0.717) is 5.91 Å². The number of carbonyl (C=O) groups is 1. The Labute approximate surface area is 213 Å². The van der Waals surface area contributed by atoms with Gasteiger partial charge in [0.2, 0.25) is 5.91 Å². The minimum Gasteiger partial charge on any atom is -0.378 e. The second-order valence-electron chi connectivity index (χ2n) is 10.8. The third kappa shape index (κ3) is 4.89. The zero-order valence-electron chi connectivity index (χ0n) is 21.7. The van der Waals surface area contributed by atoms with Crippen molar-refractivity contribution in [1.29, 1.82) is 0 Å². The number of rotatable bonds is 7. The third-order valence-corrected chi connectivity index (χ3v) is 7.94. The van der Waals surface area contributed by atoms with Gasteiger partial charge in [0.05, 0.1) is 24.1 Å². The Morgan fingerprint density at radius 1 is 1.11 bits per heavy atom. The molecule has 0 radical (unpaired) electrons. The molecule has 2 aliphatic rings. The quantitative estimate of drug-likeness (QED) is 0.474. The first kappa shape index (κ1) is 24.5. The molecule has 0 bridgehead atoms. The van der Waals surface area contributed by atoms with E-state index in [1.54, 1.807) is 0 Å². The molecule has 7 heteroatoms. The lowest BCUT2D eigenvalue weighted by molar-refractivity contribution is -0.141. The number of nitrogens with zero attached hydrogens (tertiary/aromatic N) is 5. The molecule has 1 aliphatic heterocycles. The lowest BCUT2D eigenvalue weighted by atomic mass is 9.98. The molecule has 3 aromatic rings. The second kappa shape index (κ2) is 9.69. The molecule has 2 heterocycles. The van der Waals surface area contributed by atoms with E-state index < -0.39 is 0 Å². The number of halogens is 1. The molecule has 36 heavy (non-hydrogen) atoms. The van der Waals surface area contributed by atoms with E-state index >= 15 is 0 Å². The molecule has 2 fully saturated rings. The maximum Gasteiger partial charge on any atom is 0.229 e. The summed E-state index contributed by atoms with van der Waals surface area (Å²) < 4.78 is 15.6. The topological polar surface area (TPSA) is 44.6 Å². The van der Waals surface area contributed by atoms with Gasteiger partial charge >= 0.3 is 0 Å². The van der Waals surface area contributed by atoms with Gasteiger partial charge in [0.15, 0.2) is 0 Å². The third-order valence-electron chi connectivity index (χ3n) is 7.94. The summed E-state index contributed by atoms with van der Waals surface area (Å²) >= 11 is 0. The normalized spacial score (nSPS) is 20.2. The van der Waals surface area contributed by atoms with Crippen molar-refractivity contribution >= 4 is 11.6 Å². The van der Waals surface area contributed by atoms with Crippen LogP contribution in [0.2, 0.25) is 0 Å². The summed E-state index contributed by atoms with van der Waals surface area (Å²) in [6, 6.07) is 15.3. The van der Waals surface area contributed by atoms with Gasteiger partial charge < -0.3 is 14.4 Å². The maximum atomic E-state index is 13.4. The number of carbonyl (C=O) groups excluding carboxylic acids is 1. The summed E-state index contributed by atoms with van der Waals surface area (Å²) in [6.07, 6.45) is 5.75. The molecular weight excluding hydrogens is 453 g/mol. The Balaban J connectivity index is 1.36. The molecule has 6 nitrogen and oxygen atoms in total. The number of piperazine rings is 1. The summed E-state index contributed by atoms with van der Waals surface area (Å²) in [4.78, 5) is 24.5. The molecule has 190 valence electrons. The first-order chi connectivity index (χ1) is 17.2. The van der Waals surface area contributed by atoms with E-state index in [1.807, 2.05) is 38.8 Å². The van der Waals surface area contributed by atoms with Gasteiger partial charge in [-0.1, -0.05) is 31.2 Å². The molecule has 1 amide bonds. The summed E-state index contributed by atoms with van der Waals surface area (Å²) in [5, 5.41) is 0. The van der Waals surface area contributed by atoms with Gasteiger partial charge in [-0.25, -0.2) is 9.37 Å². The zero-order valence-corrected chi connectivity index (χ0v) is 21.7. The average molecular weight is 490 g/mol. The van der Waals surface area contributed by atoms with Crippen molar-refractivity contribution in [2.75, 3.05) is 38.6 Å². The lowest BCUT2D eigenvalue weighted by Crippen LogP contribution is -2.52. The van der Waals surface area contributed by atoms with E-state index in [1.165, 1.54) is 17.7 Å². The molecule has 0 N–H and O–H groups in total. The predicted octanol–water partition coefficient (Wildman–Crippen LogP) is 4.88. The standard InChI is InChI=1S/C29H36FN5O/c1-21(22-5-9-24(30)10-6-22)35-20-31-17-26(35)18-33-15-16-34(28(36)29(2)13-14-29)27(19-33)23-7-11-25(12-8-23)32(3)4/h5-12,17,20-21,27H,13-16,18-19H2,1-4H3/t21-,27?/m1/s1. The number of hydrogen-bond acceptors (Lipinski definition) is 4. The van der Waals surface area contributed by atoms with Gasteiger partial charge in [0.1, 0.15) is 5.82 Å². The van der Waals surface area contributed by atoms with Crippen molar-refractivity contribution < 1.29 is 9.18 Å². The van der Waals surface area contributed by atoms with E-state index in [4.69, 9.17) is 0 Å². The van der Waals surface area contributed by atoms with Crippen molar-refractivity contribution in [3.8, 4) is 0 Å². The Bertz CT molecular complexity index is 1200. The minimum absolute atomic E-state index is 0.0192. The van der Waals surface area contributed by atoms with Crippen LogP contribution >= 0.6 is 0 Å². The Morgan fingerprint density at radius 2 is 1.81 bits per heavy atom. The van der Waals surface area contributed by atoms with Crippen LogP contribution in [-0.4, -0.2) is 59.0 Å². The first-order valence-corrected chi connectivity index (χ1v) is 12.8. The number of hydrogen-bond donors (Lipinski definition) is 0. The number of amides is 1. The average Bonchev–Trinajstić information content (AvgIpc) is 3.47. The molecule has 0 spiro atoms. The Kier molecular flexibility index (Phi) is 6.60. The fourth-order valence-corrected chi connectivity index (χ4v) is 5.19. The van der Waals surface area contributed by atoms with Crippen molar-refractivity contribution in [2.45, 2.75) is 45.3 Å². The van der Waals surface area contributed by atoms with E-state index in [-0.39, 0.29) is 23.3 Å². The summed E-state index contributed by atoms with van der Waals surface area (Å²) in [5.41, 5.74) is 4.30. The molecule has 1 aromatic heterocycles. The smallest absolute Gasteiger partial charge is 0.229 e. The fraction of sp³-hybridized carbons (Fsp3) is 0.448. The summed E-state index contributed by atoms with van der Waals surface area (Å²) in [7, 11) is 4.08. The van der Waals surface area contributed by atoms with Gasteiger partial charge in [-0.2, -0.15) is 0 Å². The first-order valence-electron chi connectivity index (χ1n) is 12.8. The SMILES string of the molecule is C[C@H](c1ccc(F)cc1)n1cncc1CN1CCN(C(=O)C2(C)CC2)C(c2ccc(N(C)C)cc2)C1. The molecule has 1 aliphatic carbocycles. The van der Waals surface area contributed by atoms with Crippen molar-refractivity contribution in [3.05, 3.63) is 83.7 Å². The van der Waals surface area contributed by atoms with Crippen LogP contribution in [0.1, 0.15) is 55.6 Å². The van der Waals surface area contributed by atoms with Crippen molar-refractivity contribution in [1.82, 2.24) is 19.4 Å². The van der Waals surface area contributed by atoms with Gasteiger partial charge in [-0.05, 0) is 55.2 Å². The fourth-order valence-electron chi connectivity index (χ4n) is 5.19. The highest BCUT2D eigenvalue weighted by molar-refractivity contribution is 5.85. The van der Waals surface area contributed by atoms with Crippen molar-refractivity contribution in [3.63, 3.8) is 0 Å². The molecule has 1 saturated heterocycles. The number of benzene rings is 2. The van der Waals surface area contributed by atoms with E-state index in [9.17, 15) is 9.18 Å². The lowest BCUT2D eigenvalue weighted by Gasteiger charge is -2.43. The largest absolute Gasteiger partial charge is 0.378 e. The van der Waals surface area contributed by atoms with Crippen LogP contribution in [0.4, 0.5) is 10.1 Å². The summed E-state index contributed by atoms with van der Waals surface area (Å²) in [6.45, 7) is 7.28. The van der Waals surface area contributed by atoms with Crippen LogP contribution in [0.5, 0.6) is 0 Å². The van der Waals surface area contributed by atoms with Crippen LogP contribution in [-0.2, 0) is 11.3 Å². The molecule has 5 rings (SSSR count). The van der Waals surface area contributed by atoms with Gasteiger partial charge in [0.25, 0.3) is 0 Å². The molecule has 2 aromatic carbocycles.